The van der Waals surface area contributed by atoms with E-state index in [4.69, 9.17) is 4.74 Å². The highest BCUT2D eigenvalue weighted by molar-refractivity contribution is 8.31. The summed E-state index contributed by atoms with van der Waals surface area (Å²) < 4.78 is 8.01. The molecule has 0 fully saturated rings. The first-order valence-corrected chi connectivity index (χ1v) is 10.9. The zero-order valence-corrected chi connectivity index (χ0v) is 15.0. The molecule has 0 atom stereocenters. The van der Waals surface area contributed by atoms with Gasteiger partial charge in [0.2, 0.25) is 0 Å². The number of methoxy groups -OCH3 is 1. The lowest BCUT2D eigenvalue weighted by molar-refractivity contribution is 0.415. The highest BCUT2D eigenvalue weighted by Crippen LogP contribution is 2.47. The summed E-state index contributed by atoms with van der Waals surface area (Å²) in [5.41, 5.74) is 7.07. The summed E-state index contributed by atoms with van der Waals surface area (Å²) in [6, 6.07) is 15.3. The van der Waals surface area contributed by atoms with Crippen LogP contribution in [0.15, 0.2) is 42.5 Å². The average molecular weight is 325 g/mol. The van der Waals surface area contributed by atoms with Crippen molar-refractivity contribution in [3.63, 3.8) is 0 Å². The molecule has 0 bridgehead atoms. The second kappa shape index (κ2) is 5.07. The van der Waals surface area contributed by atoms with E-state index >= 15 is 0 Å². The molecule has 1 aliphatic rings. The third-order valence-electron chi connectivity index (χ3n) is 4.53. The van der Waals surface area contributed by atoms with Crippen LogP contribution in [0.3, 0.4) is 0 Å². The second-order valence-corrected chi connectivity index (χ2v) is 11.6. The smallest absolute Gasteiger partial charge is 0.119 e. The maximum atomic E-state index is 5.47. The van der Waals surface area contributed by atoms with Gasteiger partial charge in [-0.05, 0) is 48.1 Å². The van der Waals surface area contributed by atoms with Crippen molar-refractivity contribution in [2.24, 2.45) is 0 Å². The fourth-order valence-electron chi connectivity index (χ4n) is 3.63. The van der Waals surface area contributed by atoms with Gasteiger partial charge >= 0.3 is 0 Å². The summed E-state index contributed by atoms with van der Waals surface area (Å²) in [5, 5.41) is 1.35. The molecule has 3 aromatic rings. The molecule has 2 nitrogen and oxygen atoms in total. The molecule has 0 radical (unpaired) electrons. The number of fused-ring (bicyclic) bond motifs is 5. The Labute approximate surface area is 139 Å². The van der Waals surface area contributed by atoms with Crippen LogP contribution < -0.4 is 4.74 Å². The van der Waals surface area contributed by atoms with Crippen LogP contribution in [0.2, 0.25) is 0 Å². The first-order valence-electron chi connectivity index (χ1n) is 7.91. The summed E-state index contributed by atoms with van der Waals surface area (Å²) >= 11 is 0. The fraction of sp³-hybridized carbons (Fsp3) is 0.300. The minimum atomic E-state index is -0.647. The minimum absolute atomic E-state index is 0.647. The van der Waals surface area contributed by atoms with E-state index in [-0.39, 0.29) is 0 Å². The first-order chi connectivity index (χ1) is 11.0. The van der Waals surface area contributed by atoms with E-state index in [2.05, 4.69) is 65.8 Å². The van der Waals surface area contributed by atoms with Gasteiger partial charge in [-0.25, -0.2) is 10.0 Å². The topological polar surface area (TPSA) is 14.2 Å². The van der Waals surface area contributed by atoms with Crippen LogP contribution in [0.25, 0.3) is 22.2 Å². The summed E-state index contributed by atoms with van der Waals surface area (Å²) in [6.45, 7) is 0. The Bertz CT molecular complexity index is 902. The molecule has 0 saturated carbocycles. The zero-order valence-electron chi connectivity index (χ0n) is 14.2. The Kier molecular flexibility index (Phi) is 3.24. The van der Waals surface area contributed by atoms with Crippen molar-refractivity contribution in [3.05, 3.63) is 53.6 Å². The SMILES string of the molecule is COc1ccc2c(c1)c1c(n2CS(C)(C)C)-c2ccccc2C1. The zero-order chi connectivity index (χ0) is 16.2. The van der Waals surface area contributed by atoms with Crippen LogP contribution >= 0.6 is 10.0 Å². The van der Waals surface area contributed by atoms with Gasteiger partial charge in [0.15, 0.2) is 0 Å². The molecule has 3 heteroatoms. The van der Waals surface area contributed by atoms with E-state index in [0.717, 1.165) is 18.0 Å². The van der Waals surface area contributed by atoms with Crippen LogP contribution in [-0.4, -0.2) is 30.4 Å². The van der Waals surface area contributed by atoms with Gasteiger partial charge in [-0.1, -0.05) is 24.3 Å². The third-order valence-corrected chi connectivity index (χ3v) is 5.56. The predicted molar refractivity (Wildman–Crippen MR) is 102 cm³/mol. The number of nitrogens with zero attached hydrogens (tertiary/aromatic N) is 1. The number of hydrogen-bond acceptors (Lipinski definition) is 1. The van der Waals surface area contributed by atoms with E-state index in [1.807, 2.05) is 0 Å². The van der Waals surface area contributed by atoms with Crippen molar-refractivity contribution in [1.82, 2.24) is 4.57 Å². The van der Waals surface area contributed by atoms with Crippen LogP contribution in [0, 0.1) is 0 Å². The Balaban J connectivity index is 2.03. The summed E-state index contributed by atoms with van der Waals surface area (Å²) in [5.74, 6) is 2.04. The molecule has 0 amide bonds. The molecule has 0 N–H and O–H groups in total. The van der Waals surface area contributed by atoms with Gasteiger partial charge in [0.05, 0.1) is 18.7 Å². The molecule has 1 aromatic heterocycles. The van der Waals surface area contributed by atoms with Gasteiger partial charge in [0.25, 0.3) is 0 Å². The third kappa shape index (κ3) is 2.34. The maximum Gasteiger partial charge on any atom is 0.119 e. The van der Waals surface area contributed by atoms with Gasteiger partial charge in [0.1, 0.15) is 5.75 Å². The van der Waals surface area contributed by atoms with E-state index in [9.17, 15) is 0 Å². The molecule has 120 valence electrons. The largest absolute Gasteiger partial charge is 0.497 e. The van der Waals surface area contributed by atoms with Gasteiger partial charge in [-0.3, -0.25) is 0 Å². The lowest BCUT2D eigenvalue weighted by Gasteiger charge is -2.27. The Hall–Kier alpha value is -1.87. The van der Waals surface area contributed by atoms with Crippen LogP contribution in [0.5, 0.6) is 5.75 Å². The molecule has 23 heavy (non-hydrogen) atoms. The second-order valence-electron chi connectivity index (χ2n) is 7.19. The van der Waals surface area contributed by atoms with Gasteiger partial charge in [0, 0.05) is 22.9 Å². The van der Waals surface area contributed by atoms with Crippen molar-refractivity contribution in [3.8, 4) is 17.0 Å². The van der Waals surface area contributed by atoms with Crippen LogP contribution in [0.4, 0.5) is 0 Å². The lowest BCUT2D eigenvalue weighted by atomic mass is 10.1. The predicted octanol–water partition coefficient (Wildman–Crippen LogP) is 4.87. The molecule has 0 saturated heterocycles. The molecule has 0 aliphatic heterocycles. The molecule has 0 spiro atoms. The molecule has 4 rings (SSSR count). The Morgan fingerprint density at radius 3 is 2.61 bits per heavy atom. The van der Waals surface area contributed by atoms with Crippen molar-refractivity contribution < 1.29 is 4.74 Å². The summed E-state index contributed by atoms with van der Waals surface area (Å²) in [4.78, 5) is 0. The maximum absolute atomic E-state index is 5.47. The highest BCUT2D eigenvalue weighted by atomic mass is 32.3. The van der Waals surface area contributed by atoms with Gasteiger partial charge in [-0.2, -0.15) is 0 Å². The number of ether oxygens (including phenoxy) is 1. The molecule has 2 aromatic carbocycles. The van der Waals surface area contributed by atoms with Crippen molar-refractivity contribution in [1.29, 1.82) is 0 Å². The fourth-order valence-corrected chi connectivity index (χ4v) is 4.68. The van der Waals surface area contributed by atoms with Crippen LogP contribution in [-0.2, 0) is 12.3 Å². The number of benzene rings is 2. The Morgan fingerprint density at radius 1 is 1.09 bits per heavy atom. The number of rotatable bonds is 3. The van der Waals surface area contributed by atoms with E-state index in [1.54, 1.807) is 7.11 Å². The lowest BCUT2D eigenvalue weighted by Crippen LogP contribution is -2.06. The molecule has 1 heterocycles. The Morgan fingerprint density at radius 2 is 1.87 bits per heavy atom. The first kappa shape index (κ1) is 14.7. The van der Waals surface area contributed by atoms with E-state index < -0.39 is 10.0 Å². The van der Waals surface area contributed by atoms with Crippen LogP contribution in [0.1, 0.15) is 11.1 Å². The van der Waals surface area contributed by atoms with Crippen molar-refractivity contribution in [2.45, 2.75) is 12.3 Å². The van der Waals surface area contributed by atoms with Gasteiger partial charge < -0.3 is 9.30 Å². The standard InChI is InChI=1S/C20H23NOS/c1-22-15-9-10-19-17(12-15)18-11-14-7-5-6-8-16(14)20(18)21(19)13-23(2,3)4/h5-10,12H,11,13H2,1-4H3. The molecule has 1 aliphatic carbocycles. The van der Waals surface area contributed by atoms with E-state index in [1.165, 1.54) is 33.3 Å². The molecular formula is C20H23NOS. The quantitative estimate of drug-likeness (QED) is 0.524. The minimum Gasteiger partial charge on any atom is -0.497 e. The summed E-state index contributed by atoms with van der Waals surface area (Å²) in [7, 11) is 1.10. The monoisotopic (exact) mass is 325 g/mol. The van der Waals surface area contributed by atoms with E-state index in [0.29, 0.717) is 0 Å². The normalized spacial score (nSPS) is 13.9. The molecular weight excluding hydrogens is 302 g/mol. The highest BCUT2D eigenvalue weighted by Gasteiger charge is 2.27. The van der Waals surface area contributed by atoms with Crippen molar-refractivity contribution in [2.75, 3.05) is 25.9 Å². The summed E-state index contributed by atoms with van der Waals surface area (Å²) in [6.07, 6.45) is 8.18. The van der Waals surface area contributed by atoms with Gasteiger partial charge in [-0.15, -0.1) is 0 Å². The van der Waals surface area contributed by atoms with Crippen molar-refractivity contribution >= 4 is 20.9 Å². The average Bonchev–Trinajstić information content (AvgIpc) is 3.02. The number of hydrogen-bond donors (Lipinski definition) is 0. The molecule has 0 unspecified atom stereocenters. The number of aromatic nitrogens is 1.